The highest BCUT2D eigenvalue weighted by atomic mass is 19.4. The van der Waals surface area contributed by atoms with Crippen molar-refractivity contribution in [3.8, 4) is 22.5 Å². The predicted octanol–water partition coefficient (Wildman–Crippen LogP) is 5.90. The van der Waals surface area contributed by atoms with E-state index in [1.54, 1.807) is 43.6 Å². The lowest BCUT2D eigenvalue weighted by Crippen LogP contribution is -2.18. The van der Waals surface area contributed by atoms with E-state index in [2.05, 4.69) is 15.4 Å². The zero-order chi connectivity index (χ0) is 27.2. The van der Waals surface area contributed by atoms with E-state index in [4.69, 9.17) is 0 Å². The summed E-state index contributed by atoms with van der Waals surface area (Å²) in [5.41, 5.74) is 0.200. The lowest BCUT2D eigenvalue weighted by molar-refractivity contribution is -0.137. The number of carbonyl (C=O) groups excluding carboxylic acids is 1. The van der Waals surface area contributed by atoms with Gasteiger partial charge < -0.3 is 10.4 Å². The molecule has 38 heavy (non-hydrogen) atoms. The minimum absolute atomic E-state index is 0.0197. The molecule has 0 aliphatic carbocycles. The molecule has 5 rings (SSSR count). The van der Waals surface area contributed by atoms with Gasteiger partial charge >= 0.3 is 6.18 Å². The van der Waals surface area contributed by atoms with Crippen molar-refractivity contribution in [2.24, 2.45) is 7.05 Å². The number of benzene rings is 2. The van der Waals surface area contributed by atoms with Crippen molar-refractivity contribution >= 4 is 17.4 Å². The Bertz CT molecular complexity index is 1650. The van der Waals surface area contributed by atoms with Gasteiger partial charge in [0.15, 0.2) is 0 Å². The number of hydrogen-bond acceptors (Lipinski definition) is 4. The highest BCUT2D eigenvalue weighted by molar-refractivity contribution is 6.06. The minimum Gasteiger partial charge on any atom is -0.386 e. The Hall–Kier alpha value is -4.44. The van der Waals surface area contributed by atoms with E-state index in [-0.39, 0.29) is 16.8 Å². The number of rotatable bonds is 5. The first-order valence-corrected chi connectivity index (χ1v) is 11.7. The van der Waals surface area contributed by atoms with Crippen molar-refractivity contribution in [2.45, 2.75) is 25.6 Å². The van der Waals surface area contributed by atoms with Crippen LogP contribution in [0.15, 0.2) is 79.1 Å². The lowest BCUT2D eigenvalue weighted by atomic mass is 10.0. The molecule has 0 spiro atoms. The Balaban J connectivity index is 1.62. The van der Waals surface area contributed by atoms with E-state index < -0.39 is 23.2 Å². The van der Waals surface area contributed by atoms with Crippen LogP contribution in [0.1, 0.15) is 35.3 Å². The van der Waals surface area contributed by atoms with Crippen molar-refractivity contribution in [1.29, 1.82) is 0 Å². The quantitative estimate of drug-likeness (QED) is 0.303. The molecule has 0 atom stereocenters. The second-order valence-electron chi connectivity index (χ2n) is 9.47. The summed E-state index contributed by atoms with van der Waals surface area (Å²) in [6.07, 6.45) is -1.42. The third-order valence-electron chi connectivity index (χ3n) is 6.18. The molecule has 3 aromatic heterocycles. The van der Waals surface area contributed by atoms with Gasteiger partial charge in [0, 0.05) is 36.1 Å². The SMILES string of the molecule is Cn1ccc(-c2cc(C(=O)Nc3c(-c4ccccc4)nc4ccc(C(C)(C)O)cn34)ccc2C(F)(F)F)n1. The number of halogens is 3. The molecule has 3 heterocycles. The number of carbonyl (C=O) groups is 1. The van der Waals surface area contributed by atoms with E-state index in [9.17, 15) is 23.1 Å². The summed E-state index contributed by atoms with van der Waals surface area (Å²) in [6, 6.07) is 17.4. The summed E-state index contributed by atoms with van der Waals surface area (Å²) >= 11 is 0. The maximum atomic E-state index is 13.8. The third-order valence-corrected chi connectivity index (χ3v) is 6.18. The average molecular weight is 520 g/mol. The molecular formula is C28H24F3N5O2. The molecule has 0 saturated carbocycles. The van der Waals surface area contributed by atoms with Gasteiger partial charge in [-0.15, -0.1) is 0 Å². The van der Waals surface area contributed by atoms with Crippen LogP contribution in [0.2, 0.25) is 0 Å². The topological polar surface area (TPSA) is 84.5 Å². The number of pyridine rings is 1. The summed E-state index contributed by atoms with van der Waals surface area (Å²) in [7, 11) is 1.60. The number of alkyl halides is 3. The number of fused-ring (bicyclic) bond motifs is 1. The number of anilines is 1. The maximum absolute atomic E-state index is 13.8. The van der Waals surface area contributed by atoms with Crippen molar-refractivity contribution in [3.63, 3.8) is 0 Å². The van der Waals surface area contributed by atoms with E-state index >= 15 is 0 Å². The molecule has 7 nitrogen and oxygen atoms in total. The molecule has 0 bridgehead atoms. The van der Waals surface area contributed by atoms with Crippen LogP contribution in [0.25, 0.3) is 28.2 Å². The first-order valence-electron chi connectivity index (χ1n) is 11.7. The van der Waals surface area contributed by atoms with Gasteiger partial charge in [-0.2, -0.15) is 18.3 Å². The smallest absolute Gasteiger partial charge is 0.386 e. The monoisotopic (exact) mass is 519 g/mol. The zero-order valence-electron chi connectivity index (χ0n) is 20.8. The molecule has 0 aliphatic rings. The normalized spacial score (nSPS) is 12.2. The van der Waals surface area contributed by atoms with Gasteiger partial charge in [-0.05, 0) is 49.7 Å². The van der Waals surface area contributed by atoms with Crippen molar-refractivity contribution in [2.75, 3.05) is 5.32 Å². The Morgan fingerprint density at radius 3 is 2.37 bits per heavy atom. The molecule has 0 fully saturated rings. The number of aromatic nitrogens is 4. The summed E-state index contributed by atoms with van der Waals surface area (Å²) in [6.45, 7) is 3.28. The number of amides is 1. The fourth-order valence-corrected chi connectivity index (χ4v) is 4.21. The van der Waals surface area contributed by atoms with Gasteiger partial charge in [0.1, 0.15) is 17.2 Å². The summed E-state index contributed by atoms with van der Waals surface area (Å²) in [4.78, 5) is 18.1. The van der Waals surface area contributed by atoms with Crippen molar-refractivity contribution in [1.82, 2.24) is 19.2 Å². The average Bonchev–Trinajstić information content (AvgIpc) is 3.46. The van der Waals surface area contributed by atoms with Gasteiger partial charge in [0.25, 0.3) is 5.91 Å². The highest BCUT2D eigenvalue weighted by Gasteiger charge is 2.35. The molecule has 0 aliphatic heterocycles. The lowest BCUT2D eigenvalue weighted by Gasteiger charge is -2.18. The number of imidazole rings is 1. The summed E-state index contributed by atoms with van der Waals surface area (Å²) in [5, 5.41) is 17.5. The standard InChI is InChI=1S/C28H24F3N5O2/c1-27(2,38)19-10-12-23-32-24(17-7-5-4-6-8-17)25(36(23)16-19)33-26(37)18-9-11-21(28(29,30)31)20(15-18)22-13-14-35(3)34-22/h4-16,38H,1-3H3,(H,33,37). The number of aryl methyl sites for hydroxylation is 1. The molecule has 194 valence electrons. The van der Waals surface area contributed by atoms with Crippen LogP contribution in [0.4, 0.5) is 19.0 Å². The first-order chi connectivity index (χ1) is 17.9. The zero-order valence-corrected chi connectivity index (χ0v) is 20.8. The van der Waals surface area contributed by atoms with E-state index in [1.165, 1.54) is 23.0 Å². The van der Waals surface area contributed by atoms with Crippen LogP contribution in [-0.2, 0) is 18.8 Å². The second-order valence-corrected chi connectivity index (χ2v) is 9.47. The third kappa shape index (κ3) is 4.78. The summed E-state index contributed by atoms with van der Waals surface area (Å²) < 4.78 is 44.3. The number of hydrogen-bond donors (Lipinski definition) is 2. The van der Waals surface area contributed by atoms with Crippen LogP contribution in [0.5, 0.6) is 0 Å². The Morgan fingerprint density at radius 2 is 1.74 bits per heavy atom. The van der Waals surface area contributed by atoms with Gasteiger partial charge in [0.05, 0.1) is 16.9 Å². The fourth-order valence-electron chi connectivity index (χ4n) is 4.21. The van der Waals surface area contributed by atoms with Gasteiger partial charge in [-0.3, -0.25) is 13.9 Å². The largest absolute Gasteiger partial charge is 0.417 e. The minimum atomic E-state index is -4.63. The van der Waals surface area contributed by atoms with Crippen molar-refractivity contribution < 1.29 is 23.1 Å². The number of nitrogens with zero attached hydrogens (tertiary/aromatic N) is 4. The molecular weight excluding hydrogens is 495 g/mol. The first kappa shape index (κ1) is 25.2. The van der Waals surface area contributed by atoms with E-state index in [1.807, 2.05) is 30.3 Å². The molecule has 0 saturated heterocycles. The Labute approximate surface area is 216 Å². The molecule has 1 amide bonds. The van der Waals surface area contributed by atoms with Gasteiger partial charge in [-0.25, -0.2) is 4.98 Å². The Morgan fingerprint density at radius 1 is 1.00 bits per heavy atom. The summed E-state index contributed by atoms with van der Waals surface area (Å²) in [5.74, 6) is -0.301. The highest BCUT2D eigenvalue weighted by Crippen LogP contribution is 2.37. The van der Waals surface area contributed by atoms with Crippen LogP contribution < -0.4 is 5.32 Å². The molecule has 0 radical (unpaired) electrons. The van der Waals surface area contributed by atoms with E-state index in [0.717, 1.165) is 17.7 Å². The van der Waals surface area contributed by atoms with E-state index in [0.29, 0.717) is 22.7 Å². The molecule has 10 heteroatoms. The van der Waals surface area contributed by atoms with Crippen LogP contribution in [0, 0.1) is 0 Å². The van der Waals surface area contributed by atoms with Crippen LogP contribution in [-0.4, -0.2) is 30.2 Å². The molecule has 0 unspecified atom stereocenters. The fraction of sp³-hybridized carbons (Fsp3) is 0.179. The molecule has 2 N–H and O–H groups in total. The van der Waals surface area contributed by atoms with Crippen molar-refractivity contribution in [3.05, 3.63) is 95.8 Å². The van der Waals surface area contributed by atoms with Crippen LogP contribution >= 0.6 is 0 Å². The second kappa shape index (κ2) is 9.14. The molecule has 5 aromatic rings. The maximum Gasteiger partial charge on any atom is 0.417 e. The Kier molecular flexibility index (Phi) is 6.07. The predicted molar refractivity (Wildman–Crippen MR) is 137 cm³/mol. The van der Waals surface area contributed by atoms with Gasteiger partial charge in [0.2, 0.25) is 0 Å². The van der Waals surface area contributed by atoms with Crippen LogP contribution in [0.3, 0.4) is 0 Å². The number of aliphatic hydroxyl groups is 1. The van der Waals surface area contributed by atoms with Gasteiger partial charge in [-0.1, -0.05) is 36.4 Å². The molecule has 2 aromatic carbocycles. The number of nitrogens with one attached hydrogen (secondary N) is 1.